The van der Waals surface area contributed by atoms with Crippen LogP contribution in [0.5, 0.6) is 5.75 Å². The standard InChI is InChI=1S/C26H22FN3O2/c1-17-7-12-22-21(13-17)24-25(30(22)14-18-8-10-20(27)11-9-18)26(31)29(16-28-24)15-19-5-3-4-6-23(19)32-2/h3-13,16H,14-15H2,1-2H3. The maximum atomic E-state index is 13.7. The average Bonchev–Trinajstić information content (AvgIpc) is 3.10. The number of methoxy groups -OCH3 is 1. The number of halogens is 1. The zero-order valence-electron chi connectivity index (χ0n) is 17.9. The molecule has 0 fully saturated rings. The van der Waals surface area contributed by atoms with Crippen molar-refractivity contribution >= 4 is 21.9 Å². The van der Waals surface area contributed by atoms with Gasteiger partial charge in [-0.15, -0.1) is 0 Å². The highest BCUT2D eigenvalue weighted by Crippen LogP contribution is 2.28. The van der Waals surface area contributed by atoms with E-state index in [0.717, 1.165) is 33.3 Å². The minimum Gasteiger partial charge on any atom is -0.496 e. The highest BCUT2D eigenvalue weighted by Gasteiger charge is 2.17. The Morgan fingerprint density at radius 2 is 1.78 bits per heavy atom. The van der Waals surface area contributed by atoms with E-state index in [0.29, 0.717) is 24.1 Å². The van der Waals surface area contributed by atoms with Crippen LogP contribution in [0.2, 0.25) is 0 Å². The minimum atomic E-state index is -0.285. The van der Waals surface area contributed by atoms with Crippen LogP contribution in [0.1, 0.15) is 16.7 Å². The maximum absolute atomic E-state index is 13.7. The molecule has 0 spiro atoms. The van der Waals surface area contributed by atoms with Crippen molar-refractivity contribution in [3.8, 4) is 5.75 Å². The van der Waals surface area contributed by atoms with E-state index in [-0.39, 0.29) is 11.4 Å². The molecule has 160 valence electrons. The van der Waals surface area contributed by atoms with E-state index >= 15 is 0 Å². The predicted octanol–water partition coefficient (Wildman–Crippen LogP) is 4.90. The molecule has 0 aliphatic carbocycles. The summed E-state index contributed by atoms with van der Waals surface area (Å²) in [7, 11) is 1.62. The van der Waals surface area contributed by atoms with E-state index in [9.17, 15) is 9.18 Å². The Balaban J connectivity index is 1.71. The summed E-state index contributed by atoms with van der Waals surface area (Å²) < 4.78 is 22.5. The fourth-order valence-electron chi connectivity index (χ4n) is 4.18. The van der Waals surface area contributed by atoms with Gasteiger partial charge in [-0.05, 0) is 42.8 Å². The van der Waals surface area contributed by atoms with Crippen molar-refractivity contribution in [2.24, 2.45) is 0 Å². The van der Waals surface area contributed by atoms with Gasteiger partial charge in [-0.25, -0.2) is 9.37 Å². The number of aryl methyl sites for hydroxylation is 1. The SMILES string of the molecule is COc1ccccc1Cn1cnc2c3cc(C)ccc3n(Cc3ccc(F)cc3)c2c1=O. The smallest absolute Gasteiger partial charge is 0.278 e. The normalized spacial score (nSPS) is 11.3. The number of fused-ring (bicyclic) bond motifs is 3. The third-order valence-electron chi connectivity index (χ3n) is 5.77. The molecule has 2 aromatic heterocycles. The molecule has 6 heteroatoms. The lowest BCUT2D eigenvalue weighted by Gasteiger charge is -2.11. The lowest BCUT2D eigenvalue weighted by molar-refractivity contribution is 0.408. The number of aromatic nitrogens is 3. The van der Waals surface area contributed by atoms with Crippen LogP contribution >= 0.6 is 0 Å². The van der Waals surface area contributed by atoms with E-state index in [1.807, 2.05) is 47.9 Å². The first-order valence-electron chi connectivity index (χ1n) is 10.4. The Morgan fingerprint density at radius 1 is 1.00 bits per heavy atom. The second-order valence-corrected chi connectivity index (χ2v) is 7.92. The molecule has 0 saturated heterocycles. The largest absolute Gasteiger partial charge is 0.496 e. The molecule has 0 aliphatic heterocycles. The first-order valence-corrected chi connectivity index (χ1v) is 10.4. The molecule has 3 aromatic carbocycles. The van der Waals surface area contributed by atoms with Crippen molar-refractivity contribution in [1.82, 2.24) is 14.1 Å². The van der Waals surface area contributed by atoms with Crippen LogP contribution in [0.25, 0.3) is 21.9 Å². The van der Waals surface area contributed by atoms with Crippen LogP contribution < -0.4 is 10.3 Å². The molecule has 5 aromatic rings. The summed E-state index contributed by atoms with van der Waals surface area (Å²) in [6, 6.07) is 20.1. The van der Waals surface area contributed by atoms with Crippen molar-refractivity contribution in [3.05, 3.63) is 106 Å². The molecule has 0 bridgehead atoms. The molecule has 0 radical (unpaired) electrons. The Kier molecular flexibility index (Phi) is 4.98. The number of rotatable bonds is 5. The van der Waals surface area contributed by atoms with Gasteiger partial charge in [0.1, 0.15) is 22.6 Å². The third kappa shape index (κ3) is 3.43. The molecular weight excluding hydrogens is 405 g/mol. The Labute approximate surface area is 184 Å². The van der Waals surface area contributed by atoms with Gasteiger partial charge in [0, 0.05) is 17.5 Å². The number of hydrogen-bond acceptors (Lipinski definition) is 3. The highest BCUT2D eigenvalue weighted by atomic mass is 19.1. The Hall–Kier alpha value is -3.93. The molecule has 5 rings (SSSR count). The number of hydrogen-bond donors (Lipinski definition) is 0. The molecule has 2 heterocycles. The zero-order valence-corrected chi connectivity index (χ0v) is 17.9. The van der Waals surface area contributed by atoms with E-state index < -0.39 is 0 Å². The summed E-state index contributed by atoms with van der Waals surface area (Å²) in [5.41, 5.74) is 4.91. The summed E-state index contributed by atoms with van der Waals surface area (Å²) in [5.74, 6) is 0.439. The maximum Gasteiger partial charge on any atom is 0.278 e. The summed E-state index contributed by atoms with van der Waals surface area (Å²) >= 11 is 0. The van der Waals surface area contributed by atoms with E-state index in [4.69, 9.17) is 4.74 Å². The summed E-state index contributed by atoms with van der Waals surface area (Å²) in [5, 5.41) is 0.934. The zero-order chi connectivity index (χ0) is 22.2. The van der Waals surface area contributed by atoms with Gasteiger partial charge >= 0.3 is 0 Å². The molecule has 32 heavy (non-hydrogen) atoms. The second kappa shape index (κ2) is 7.96. The topological polar surface area (TPSA) is 49.0 Å². The highest BCUT2D eigenvalue weighted by molar-refractivity contribution is 6.05. The van der Waals surface area contributed by atoms with Crippen molar-refractivity contribution in [2.75, 3.05) is 7.11 Å². The molecule has 5 nitrogen and oxygen atoms in total. The Morgan fingerprint density at radius 3 is 2.56 bits per heavy atom. The van der Waals surface area contributed by atoms with Gasteiger partial charge in [-0.2, -0.15) is 0 Å². The summed E-state index contributed by atoms with van der Waals surface area (Å²) in [4.78, 5) is 18.3. The van der Waals surface area contributed by atoms with Gasteiger partial charge in [0.05, 0.1) is 25.5 Å². The van der Waals surface area contributed by atoms with E-state index in [1.54, 1.807) is 30.1 Å². The average molecular weight is 427 g/mol. The van der Waals surface area contributed by atoms with Crippen molar-refractivity contribution in [2.45, 2.75) is 20.0 Å². The van der Waals surface area contributed by atoms with E-state index in [2.05, 4.69) is 11.1 Å². The fourth-order valence-corrected chi connectivity index (χ4v) is 4.18. The van der Waals surface area contributed by atoms with Gasteiger partial charge in [-0.3, -0.25) is 9.36 Å². The quantitative estimate of drug-likeness (QED) is 0.401. The van der Waals surface area contributed by atoms with Gasteiger partial charge in [-0.1, -0.05) is 42.0 Å². The van der Waals surface area contributed by atoms with Crippen LogP contribution in [-0.4, -0.2) is 21.2 Å². The molecule has 0 unspecified atom stereocenters. The number of ether oxygens (including phenoxy) is 1. The van der Waals surface area contributed by atoms with Gasteiger partial charge < -0.3 is 9.30 Å². The van der Waals surface area contributed by atoms with Crippen LogP contribution in [0.15, 0.2) is 77.9 Å². The van der Waals surface area contributed by atoms with Crippen molar-refractivity contribution in [1.29, 1.82) is 0 Å². The monoisotopic (exact) mass is 427 g/mol. The molecule has 0 aliphatic rings. The number of para-hydroxylation sites is 1. The van der Waals surface area contributed by atoms with Crippen LogP contribution in [0.3, 0.4) is 0 Å². The third-order valence-corrected chi connectivity index (χ3v) is 5.77. The van der Waals surface area contributed by atoms with Gasteiger partial charge in [0.15, 0.2) is 0 Å². The summed E-state index contributed by atoms with van der Waals surface area (Å²) in [6.45, 7) is 2.81. The number of benzene rings is 3. The Bertz CT molecular complexity index is 1500. The lowest BCUT2D eigenvalue weighted by Crippen LogP contribution is -2.23. The van der Waals surface area contributed by atoms with Crippen LogP contribution in [0.4, 0.5) is 4.39 Å². The van der Waals surface area contributed by atoms with Crippen LogP contribution in [-0.2, 0) is 13.1 Å². The van der Waals surface area contributed by atoms with Gasteiger partial charge in [0.25, 0.3) is 5.56 Å². The predicted molar refractivity (Wildman–Crippen MR) is 124 cm³/mol. The molecule has 0 N–H and O–H groups in total. The molecule has 0 amide bonds. The van der Waals surface area contributed by atoms with Crippen LogP contribution in [0, 0.1) is 12.7 Å². The summed E-state index contributed by atoms with van der Waals surface area (Å²) in [6.07, 6.45) is 1.60. The van der Waals surface area contributed by atoms with E-state index in [1.165, 1.54) is 12.1 Å². The molecule has 0 atom stereocenters. The van der Waals surface area contributed by atoms with Crippen molar-refractivity contribution < 1.29 is 9.13 Å². The first-order chi connectivity index (χ1) is 15.5. The number of nitrogens with zero attached hydrogens (tertiary/aromatic N) is 3. The first kappa shape index (κ1) is 20.0. The van der Waals surface area contributed by atoms with Crippen molar-refractivity contribution in [3.63, 3.8) is 0 Å². The second-order valence-electron chi connectivity index (χ2n) is 7.92. The molecule has 0 saturated carbocycles. The van der Waals surface area contributed by atoms with Gasteiger partial charge in [0.2, 0.25) is 0 Å². The molecular formula is C26H22FN3O2. The lowest BCUT2D eigenvalue weighted by atomic mass is 10.1. The fraction of sp³-hybridized carbons (Fsp3) is 0.154. The minimum absolute atomic E-state index is 0.128.